The number of carboxylic acid groups (broad SMARTS) is 1. The van der Waals surface area contributed by atoms with Gasteiger partial charge in [0.05, 0.1) is 13.0 Å². The van der Waals surface area contributed by atoms with E-state index in [0.717, 1.165) is 5.69 Å². The smallest absolute Gasteiger partial charge is 0.321 e. The fraction of sp³-hybridized carbons (Fsp3) is 0.357. The molecule has 3 amide bonds. The first-order valence-electron chi connectivity index (χ1n) is 6.62. The van der Waals surface area contributed by atoms with Crippen LogP contribution in [0.1, 0.15) is 13.3 Å². The molecule has 114 valence electrons. The zero-order valence-corrected chi connectivity index (χ0v) is 11.8. The fourth-order valence-electron chi connectivity index (χ4n) is 1.71. The maximum absolute atomic E-state index is 11.8. The molecule has 0 bridgehead atoms. The zero-order chi connectivity index (χ0) is 15.7. The number of hydrogen-bond donors (Lipinski definition) is 3. The summed E-state index contributed by atoms with van der Waals surface area (Å²) in [6, 6.07) is 8.42. The zero-order valence-electron chi connectivity index (χ0n) is 11.8. The maximum Gasteiger partial charge on any atom is 0.321 e. The van der Waals surface area contributed by atoms with Crippen molar-refractivity contribution in [2.45, 2.75) is 13.3 Å². The molecule has 0 aliphatic rings. The third-order valence-corrected chi connectivity index (χ3v) is 2.64. The molecular weight excluding hydrogens is 274 g/mol. The van der Waals surface area contributed by atoms with Crippen molar-refractivity contribution in [2.75, 3.05) is 24.5 Å². The van der Waals surface area contributed by atoms with Crippen LogP contribution in [0.3, 0.4) is 0 Å². The molecule has 0 aliphatic carbocycles. The third kappa shape index (κ3) is 6.42. The van der Waals surface area contributed by atoms with Crippen molar-refractivity contribution >= 4 is 23.6 Å². The second-order valence-corrected chi connectivity index (χ2v) is 4.31. The van der Waals surface area contributed by atoms with Crippen molar-refractivity contribution in [1.29, 1.82) is 0 Å². The van der Waals surface area contributed by atoms with Gasteiger partial charge in [0.15, 0.2) is 0 Å². The molecule has 21 heavy (non-hydrogen) atoms. The lowest BCUT2D eigenvalue weighted by Crippen LogP contribution is -2.45. The Morgan fingerprint density at radius 1 is 1.19 bits per heavy atom. The van der Waals surface area contributed by atoms with Gasteiger partial charge in [-0.05, 0) is 19.1 Å². The van der Waals surface area contributed by atoms with Gasteiger partial charge in [0.2, 0.25) is 5.91 Å². The Hall–Kier alpha value is -2.57. The minimum atomic E-state index is -0.944. The summed E-state index contributed by atoms with van der Waals surface area (Å²) in [5.74, 6) is -1.43. The Balaban J connectivity index is 2.66. The number of carbonyl (C=O) groups excluding carboxylic acids is 2. The van der Waals surface area contributed by atoms with Gasteiger partial charge in [-0.15, -0.1) is 0 Å². The third-order valence-electron chi connectivity index (χ3n) is 2.64. The Morgan fingerprint density at radius 3 is 2.43 bits per heavy atom. The molecule has 0 saturated heterocycles. The normalized spacial score (nSPS) is 9.76. The van der Waals surface area contributed by atoms with E-state index in [1.165, 1.54) is 0 Å². The predicted octanol–water partition coefficient (Wildman–Crippen LogP) is 0.813. The van der Waals surface area contributed by atoms with Crippen LogP contribution in [0.5, 0.6) is 0 Å². The molecule has 1 aromatic carbocycles. The van der Waals surface area contributed by atoms with Crippen LogP contribution >= 0.6 is 0 Å². The first-order chi connectivity index (χ1) is 10.0. The van der Waals surface area contributed by atoms with E-state index in [4.69, 9.17) is 5.11 Å². The van der Waals surface area contributed by atoms with Crippen molar-refractivity contribution in [3.63, 3.8) is 0 Å². The van der Waals surface area contributed by atoms with Gasteiger partial charge in [-0.1, -0.05) is 18.2 Å². The SMILES string of the molecule is CCNC(=O)NC(=O)CN(CCC(=O)O)c1ccccc1. The first kappa shape index (κ1) is 16.5. The molecule has 0 fully saturated rings. The van der Waals surface area contributed by atoms with Crippen LogP contribution in [-0.2, 0) is 9.59 Å². The number of anilines is 1. The predicted molar refractivity (Wildman–Crippen MR) is 78.1 cm³/mol. The number of para-hydroxylation sites is 1. The minimum absolute atomic E-state index is 0.0889. The second-order valence-electron chi connectivity index (χ2n) is 4.31. The fourth-order valence-corrected chi connectivity index (χ4v) is 1.71. The van der Waals surface area contributed by atoms with E-state index in [2.05, 4.69) is 10.6 Å². The number of nitrogens with zero attached hydrogens (tertiary/aromatic N) is 1. The highest BCUT2D eigenvalue weighted by Crippen LogP contribution is 2.13. The van der Waals surface area contributed by atoms with E-state index in [0.29, 0.717) is 6.54 Å². The largest absolute Gasteiger partial charge is 0.481 e. The average molecular weight is 293 g/mol. The lowest BCUT2D eigenvalue weighted by molar-refractivity contribution is -0.136. The van der Waals surface area contributed by atoms with Crippen LogP contribution in [0.2, 0.25) is 0 Å². The summed E-state index contributed by atoms with van der Waals surface area (Å²) < 4.78 is 0. The average Bonchev–Trinajstić information content (AvgIpc) is 2.44. The number of benzene rings is 1. The van der Waals surface area contributed by atoms with Crippen LogP contribution < -0.4 is 15.5 Å². The number of urea groups is 1. The molecule has 0 atom stereocenters. The molecule has 0 spiro atoms. The molecule has 0 aliphatic heterocycles. The highest BCUT2D eigenvalue weighted by molar-refractivity contribution is 5.96. The van der Waals surface area contributed by atoms with Crippen LogP contribution in [0.4, 0.5) is 10.5 Å². The molecule has 0 unspecified atom stereocenters. The Labute approximate surface area is 122 Å². The van der Waals surface area contributed by atoms with Gasteiger partial charge in [-0.25, -0.2) is 4.79 Å². The molecular formula is C14H19N3O4. The summed E-state index contributed by atoms with van der Waals surface area (Å²) in [4.78, 5) is 35.4. The number of rotatable bonds is 7. The Kier molecular flexibility index (Phi) is 6.73. The number of nitrogens with one attached hydrogen (secondary N) is 2. The molecule has 0 aromatic heterocycles. The van der Waals surface area contributed by atoms with Crippen molar-refractivity contribution in [3.8, 4) is 0 Å². The minimum Gasteiger partial charge on any atom is -0.481 e. The van der Waals surface area contributed by atoms with Gasteiger partial charge in [-0.3, -0.25) is 14.9 Å². The molecule has 7 heteroatoms. The molecule has 7 nitrogen and oxygen atoms in total. The van der Waals surface area contributed by atoms with Crippen molar-refractivity contribution < 1.29 is 19.5 Å². The molecule has 0 heterocycles. The summed E-state index contributed by atoms with van der Waals surface area (Å²) in [6.45, 7) is 2.25. The summed E-state index contributed by atoms with van der Waals surface area (Å²) in [5.41, 5.74) is 0.727. The standard InChI is InChI=1S/C14H19N3O4/c1-2-15-14(21)16-12(18)10-17(9-8-13(19)20)11-6-4-3-5-7-11/h3-7H,2,8-10H2,1H3,(H,19,20)(H2,15,16,18,21). The first-order valence-corrected chi connectivity index (χ1v) is 6.62. The summed E-state index contributed by atoms with van der Waals surface area (Å²) in [6.07, 6.45) is -0.0939. The van der Waals surface area contributed by atoms with Gasteiger partial charge >= 0.3 is 12.0 Å². The van der Waals surface area contributed by atoms with Crippen LogP contribution in [-0.4, -0.2) is 42.6 Å². The number of imide groups is 1. The van der Waals surface area contributed by atoms with Gasteiger partial charge < -0.3 is 15.3 Å². The molecule has 0 saturated carbocycles. The van der Waals surface area contributed by atoms with Crippen molar-refractivity contribution in [3.05, 3.63) is 30.3 Å². The highest BCUT2D eigenvalue weighted by Gasteiger charge is 2.14. The van der Waals surface area contributed by atoms with Crippen LogP contribution in [0, 0.1) is 0 Å². The topological polar surface area (TPSA) is 98.7 Å². The molecule has 3 N–H and O–H groups in total. The molecule has 1 aromatic rings. The lowest BCUT2D eigenvalue weighted by Gasteiger charge is -2.23. The van der Waals surface area contributed by atoms with E-state index < -0.39 is 17.9 Å². The number of hydrogen-bond acceptors (Lipinski definition) is 4. The maximum atomic E-state index is 11.8. The van der Waals surface area contributed by atoms with Gasteiger partial charge in [0, 0.05) is 18.8 Å². The van der Waals surface area contributed by atoms with Gasteiger partial charge in [0.1, 0.15) is 0 Å². The lowest BCUT2D eigenvalue weighted by atomic mass is 10.2. The summed E-state index contributed by atoms with van der Waals surface area (Å²) in [7, 11) is 0. The number of aliphatic carboxylic acids is 1. The summed E-state index contributed by atoms with van der Waals surface area (Å²) >= 11 is 0. The van der Waals surface area contributed by atoms with E-state index in [9.17, 15) is 14.4 Å². The van der Waals surface area contributed by atoms with E-state index in [-0.39, 0.29) is 19.5 Å². The molecule has 1 rings (SSSR count). The van der Waals surface area contributed by atoms with Crippen LogP contribution in [0.25, 0.3) is 0 Å². The van der Waals surface area contributed by atoms with Crippen LogP contribution in [0.15, 0.2) is 30.3 Å². The number of amides is 3. The number of carbonyl (C=O) groups is 3. The van der Waals surface area contributed by atoms with E-state index in [1.807, 2.05) is 6.07 Å². The van der Waals surface area contributed by atoms with Gasteiger partial charge in [-0.2, -0.15) is 0 Å². The summed E-state index contributed by atoms with van der Waals surface area (Å²) in [5, 5.41) is 13.4. The number of carboxylic acids is 1. The van der Waals surface area contributed by atoms with Gasteiger partial charge in [0.25, 0.3) is 0 Å². The van der Waals surface area contributed by atoms with E-state index in [1.54, 1.807) is 36.1 Å². The van der Waals surface area contributed by atoms with E-state index >= 15 is 0 Å². The van der Waals surface area contributed by atoms with Crippen molar-refractivity contribution in [1.82, 2.24) is 10.6 Å². The molecule has 0 radical (unpaired) electrons. The Morgan fingerprint density at radius 2 is 1.86 bits per heavy atom. The quantitative estimate of drug-likeness (QED) is 0.691. The second kappa shape index (κ2) is 8.57. The van der Waals surface area contributed by atoms with Crippen molar-refractivity contribution in [2.24, 2.45) is 0 Å². The highest BCUT2D eigenvalue weighted by atomic mass is 16.4. The Bertz CT molecular complexity index is 490. The monoisotopic (exact) mass is 293 g/mol.